The lowest BCUT2D eigenvalue weighted by molar-refractivity contribution is 0.0194. The Kier molecular flexibility index (Phi) is 10.4. The molecule has 0 saturated heterocycles. The van der Waals surface area contributed by atoms with E-state index in [2.05, 4.69) is 25.9 Å². The average molecular weight is 298 g/mol. The average Bonchev–Trinajstić information content (AvgIpc) is 2.46. The Morgan fingerprint density at radius 2 is 1.48 bits per heavy atom. The minimum Gasteiger partial charge on any atom is -0.393 e. The Morgan fingerprint density at radius 3 is 2.05 bits per heavy atom. The van der Waals surface area contributed by atoms with Gasteiger partial charge in [-0.25, -0.2) is 0 Å². The van der Waals surface area contributed by atoms with Gasteiger partial charge in [-0.3, -0.25) is 0 Å². The van der Waals surface area contributed by atoms with Crippen LogP contribution >= 0.6 is 0 Å². The van der Waals surface area contributed by atoms with Crippen LogP contribution in [0.2, 0.25) is 0 Å². The maximum atomic E-state index is 10.3. The molecule has 0 aromatic heterocycles. The van der Waals surface area contributed by atoms with Crippen LogP contribution in [0.4, 0.5) is 0 Å². The summed E-state index contributed by atoms with van der Waals surface area (Å²) in [5, 5.41) is 10.3. The van der Waals surface area contributed by atoms with Gasteiger partial charge in [0.05, 0.1) is 6.10 Å². The van der Waals surface area contributed by atoms with Crippen molar-refractivity contribution in [2.75, 3.05) is 14.1 Å². The van der Waals surface area contributed by atoms with Crippen molar-refractivity contribution in [1.29, 1.82) is 0 Å². The Hall–Kier alpha value is -0.0800. The number of aliphatic hydroxyl groups is 1. The van der Waals surface area contributed by atoms with Gasteiger partial charge in [0.25, 0.3) is 0 Å². The minimum atomic E-state index is -0.0554. The molecule has 1 saturated carbocycles. The normalized spacial score (nSPS) is 24.4. The molecule has 21 heavy (non-hydrogen) atoms. The Balaban J connectivity index is 2.16. The van der Waals surface area contributed by atoms with Crippen LogP contribution < -0.4 is 0 Å². The van der Waals surface area contributed by atoms with Crippen LogP contribution in [0.15, 0.2) is 0 Å². The van der Waals surface area contributed by atoms with Gasteiger partial charge in [-0.15, -0.1) is 0 Å². The molecule has 0 aromatic rings. The van der Waals surface area contributed by atoms with E-state index in [1.54, 1.807) is 0 Å². The van der Waals surface area contributed by atoms with E-state index in [-0.39, 0.29) is 6.10 Å². The van der Waals surface area contributed by atoms with Crippen LogP contribution in [0, 0.1) is 5.92 Å². The summed E-state index contributed by atoms with van der Waals surface area (Å²) in [7, 11) is 4.38. The zero-order valence-electron chi connectivity index (χ0n) is 14.8. The second-order valence-corrected chi connectivity index (χ2v) is 7.31. The molecule has 126 valence electrons. The molecule has 2 nitrogen and oxygen atoms in total. The van der Waals surface area contributed by atoms with Crippen molar-refractivity contribution in [1.82, 2.24) is 4.90 Å². The summed E-state index contributed by atoms with van der Waals surface area (Å²) < 4.78 is 0. The third kappa shape index (κ3) is 7.65. The highest BCUT2D eigenvalue weighted by Gasteiger charge is 2.31. The predicted octanol–water partition coefficient (Wildman–Crippen LogP) is 5.00. The van der Waals surface area contributed by atoms with Gasteiger partial charge < -0.3 is 10.0 Å². The highest BCUT2D eigenvalue weighted by Crippen LogP contribution is 2.31. The SMILES string of the molecule is CCCCCCCCCCC(C1CCCCC1O)N(C)C. The molecule has 0 aromatic carbocycles. The molecule has 0 spiro atoms. The molecular formula is C19H39NO. The number of hydrogen-bond acceptors (Lipinski definition) is 2. The summed E-state index contributed by atoms with van der Waals surface area (Å²) in [5.74, 6) is 0.512. The van der Waals surface area contributed by atoms with Crippen LogP contribution in [0.1, 0.15) is 90.4 Å². The first-order valence-electron chi connectivity index (χ1n) is 9.51. The first-order valence-corrected chi connectivity index (χ1v) is 9.51. The van der Waals surface area contributed by atoms with E-state index in [0.29, 0.717) is 12.0 Å². The smallest absolute Gasteiger partial charge is 0.0583 e. The third-order valence-electron chi connectivity index (χ3n) is 5.29. The summed E-state index contributed by atoms with van der Waals surface area (Å²) >= 11 is 0. The van der Waals surface area contributed by atoms with E-state index in [1.165, 1.54) is 77.0 Å². The molecule has 1 aliphatic rings. The fourth-order valence-electron chi connectivity index (χ4n) is 3.93. The number of nitrogens with zero attached hydrogens (tertiary/aromatic N) is 1. The maximum Gasteiger partial charge on any atom is 0.0583 e. The molecule has 1 aliphatic carbocycles. The molecule has 3 atom stereocenters. The molecule has 1 rings (SSSR count). The van der Waals surface area contributed by atoms with Crippen molar-refractivity contribution in [3.8, 4) is 0 Å². The van der Waals surface area contributed by atoms with Crippen LogP contribution in [-0.2, 0) is 0 Å². The van der Waals surface area contributed by atoms with Crippen molar-refractivity contribution in [3.63, 3.8) is 0 Å². The lowest BCUT2D eigenvalue weighted by atomic mass is 9.79. The molecule has 0 radical (unpaired) electrons. The van der Waals surface area contributed by atoms with E-state index in [9.17, 15) is 5.11 Å². The number of rotatable bonds is 11. The van der Waals surface area contributed by atoms with Crippen molar-refractivity contribution >= 4 is 0 Å². The summed E-state index contributed by atoms with van der Waals surface area (Å²) in [6.45, 7) is 2.28. The quantitative estimate of drug-likeness (QED) is 0.543. The summed E-state index contributed by atoms with van der Waals surface area (Å²) in [6.07, 6.45) is 17.1. The van der Waals surface area contributed by atoms with Gasteiger partial charge in [0, 0.05) is 12.0 Å². The second kappa shape index (κ2) is 11.5. The van der Waals surface area contributed by atoms with Gasteiger partial charge in [-0.2, -0.15) is 0 Å². The van der Waals surface area contributed by atoms with E-state index >= 15 is 0 Å². The minimum absolute atomic E-state index is 0.0554. The molecule has 0 amide bonds. The Bertz CT molecular complexity index is 242. The van der Waals surface area contributed by atoms with Gasteiger partial charge in [0.2, 0.25) is 0 Å². The summed E-state index contributed by atoms with van der Waals surface area (Å²) in [5.41, 5.74) is 0. The zero-order chi connectivity index (χ0) is 15.5. The molecule has 0 bridgehead atoms. The van der Waals surface area contributed by atoms with Gasteiger partial charge in [0.1, 0.15) is 0 Å². The topological polar surface area (TPSA) is 23.5 Å². The van der Waals surface area contributed by atoms with Gasteiger partial charge in [0.15, 0.2) is 0 Å². The molecule has 3 unspecified atom stereocenters. The third-order valence-corrected chi connectivity index (χ3v) is 5.29. The van der Waals surface area contributed by atoms with E-state index in [1.807, 2.05) is 0 Å². The van der Waals surface area contributed by atoms with Crippen molar-refractivity contribution in [3.05, 3.63) is 0 Å². The van der Waals surface area contributed by atoms with Crippen LogP contribution in [0.25, 0.3) is 0 Å². The number of aliphatic hydroxyl groups excluding tert-OH is 1. The van der Waals surface area contributed by atoms with Crippen molar-refractivity contribution in [2.24, 2.45) is 5.92 Å². The first kappa shape index (κ1) is 19.0. The lowest BCUT2D eigenvalue weighted by Crippen LogP contribution is -2.42. The fourth-order valence-corrected chi connectivity index (χ4v) is 3.93. The van der Waals surface area contributed by atoms with Crippen LogP contribution in [0.3, 0.4) is 0 Å². The fraction of sp³-hybridized carbons (Fsp3) is 1.00. The van der Waals surface area contributed by atoms with Gasteiger partial charge in [-0.1, -0.05) is 71.1 Å². The molecule has 1 fully saturated rings. The van der Waals surface area contributed by atoms with Crippen molar-refractivity contribution < 1.29 is 5.11 Å². The number of unbranched alkanes of at least 4 members (excludes halogenated alkanes) is 7. The molecule has 1 N–H and O–H groups in total. The molecular weight excluding hydrogens is 258 g/mol. The van der Waals surface area contributed by atoms with Gasteiger partial charge in [-0.05, 0) is 33.4 Å². The summed E-state index contributed by atoms with van der Waals surface area (Å²) in [4.78, 5) is 2.36. The Labute approximate surface area is 133 Å². The maximum absolute atomic E-state index is 10.3. The lowest BCUT2D eigenvalue weighted by Gasteiger charge is -2.38. The largest absolute Gasteiger partial charge is 0.393 e. The molecule has 0 aliphatic heterocycles. The predicted molar refractivity (Wildman–Crippen MR) is 92.7 cm³/mol. The standard InChI is InChI=1S/C19H39NO/c1-4-5-6-7-8-9-10-11-15-18(20(2)3)17-14-12-13-16-19(17)21/h17-19,21H,4-16H2,1-3H3. The highest BCUT2D eigenvalue weighted by atomic mass is 16.3. The summed E-state index contributed by atoms with van der Waals surface area (Å²) in [6, 6.07) is 0.584. The molecule has 2 heteroatoms. The van der Waals surface area contributed by atoms with E-state index in [0.717, 1.165) is 6.42 Å². The first-order chi connectivity index (χ1) is 10.2. The van der Waals surface area contributed by atoms with Crippen LogP contribution in [-0.4, -0.2) is 36.2 Å². The molecule has 0 heterocycles. The zero-order valence-corrected chi connectivity index (χ0v) is 14.8. The van der Waals surface area contributed by atoms with E-state index < -0.39 is 0 Å². The Morgan fingerprint density at radius 1 is 0.905 bits per heavy atom. The van der Waals surface area contributed by atoms with E-state index in [4.69, 9.17) is 0 Å². The second-order valence-electron chi connectivity index (χ2n) is 7.31. The highest BCUT2D eigenvalue weighted by molar-refractivity contribution is 4.84. The van der Waals surface area contributed by atoms with Crippen molar-refractivity contribution in [2.45, 2.75) is 103 Å². The van der Waals surface area contributed by atoms with Gasteiger partial charge >= 0.3 is 0 Å². The monoisotopic (exact) mass is 297 g/mol. The number of hydrogen-bond donors (Lipinski definition) is 1. The van der Waals surface area contributed by atoms with Crippen LogP contribution in [0.5, 0.6) is 0 Å².